The number of carbonyl (C=O) groups excluding carboxylic acids is 1. The van der Waals surface area contributed by atoms with Crippen LogP contribution in [0.1, 0.15) is 33.6 Å². The van der Waals surface area contributed by atoms with Gasteiger partial charge in [-0.25, -0.2) is 0 Å². The number of nitrogens with zero attached hydrogens (tertiary/aromatic N) is 2. The molecule has 0 aromatic rings. The van der Waals surface area contributed by atoms with Gasteiger partial charge in [-0.1, -0.05) is 13.3 Å². The molecule has 0 aromatic heterocycles. The van der Waals surface area contributed by atoms with Gasteiger partial charge in [0.25, 0.3) is 0 Å². The molecule has 0 spiro atoms. The van der Waals surface area contributed by atoms with E-state index in [1.807, 2.05) is 4.90 Å². The Morgan fingerprint density at radius 1 is 1.41 bits per heavy atom. The van der Waals surface area contributed by atoms with Gasteiger partial charge in [0.15, 0.2) is 0 Å². The average Bonchev–Trinajstić information content (AvgIpc) is 2.28. The third-order valence-electron chi connectivity index (χ3n) is 3.90. The summed E-state index contributed by atoms with van der Waals surface area (Å²) in [5, 5.41) is 0. The van der Waals surface area contributed by atoms with Crippen molar-refractivity contribution in [2.24, 2.45) is 11.7 Å². The van der Waals surface area contributed by atoms with Crippen molar-refractivity contribution >= 4 is 5.91 Å². The van der Waals surface area contributed by atoms with E-state index in [-0.39, 0.29) is 17.4 Å². The lowest BCUT2D eigenvalue weighted by atomic mass is 9.96. The van der Waals surface area contributed by atoms with E-state index in [1.54, 1.807) is 0 Å². The van der Waals surface area contributed by atoms with Gasteiger partial charge in [-0.2, -0.15) is 0 Å². The van der Waals surface area contributed by atoms with Gasteiger partial charge in [-0.3, -0.25) is 9.69 Å². The second-order valence-corrected chi connectivity index (χ2v) is 5.72. The van der Waals surface area contributed by atoms with E-state index >= 15 is 0 Å². The van der Waals surface area contributed by atoms with Crippen molar-refractivity contribution in [3.63, 3.8) is 0 Å². The first-order valence-electron chi connectivity index (χ1n) is 6.62. The van der Waals surface area contributed by atoms with Crippen molar-refractivity contribution in [3.05, 3.63) is 0 Å². The average molecular weight is 241 g/mol. The van der Waals surface area contributed by atoms with Gasteiger partial charge in [0.1, 0.15) is 0 Å². The standard InChI is InChI=1S/C13H27N3O/c1-5-6-11(9-14)12(17)16-8-7-15(4)13(2,3)10-16/h11H,5-10,14H2,1-4H3. The van der Waals surface area contributed by atoms with Gasteiger partial charge < -0.3 is 10.6 Å². The van der Waals surface area contributed by atoms with Crippen LogP contribution in [-0.2, 0) is 4.79 Å². The van der Waals surface area contributed by atoms with E-state index in [9.17, 15) is 4.79 Å². The molecule has 1 fully saturated rings. The molecule has 0 aliphatic carbocycles. The van der Waals surface area contributed by atoms with Gasteiger partial charge in [-0.15, -0.1) is 0 Å². The zero-order valence-corrected chi connectivity index (χ0v) is 11.7. The molecular formula is C13H27N3O. The molecule has 0 radical (unpaired) electrons. The Morgan fingerprint density at radius 2 is 2.06 bits per heavy atom. The number of carbonyl (C=O) groups is 1. The summed E-state index contributed by atoms with van der Waals surface area (Å²) < 4.78 is 0. The SMILES string of the molecule is CCCC(CN)C(=O)N1CCN(C)C(C)(C)C1. The summed E-state index contributed by atoms with van der Waals surface area (Å²) in [5.74, 6) is 0.259. The molecule has 1 unspecified atom stereocenters. The maximum absolute atomic E-state index is 12.3. The molecule has 1 aliphatic rings. The second-order valence-electron chi connectivity index (χ2n) is 5.72. The third kappa shape index (κ3) is 3.42. The maximum Gasteiger partial charge on any atom is 0.227 e. The molecule has 2 N–H and O–H groups in total. The zero-order valence-electron chi connectivity index (χ0n) is 11.7. The van der Waals surface area contributed by atoms with E-state index in [4.69, 9.17) is 5.73 Å². The van der Waals surface area contributed by atoms with Crippen molar-refractivity contribution in [1.29, 1.82) is 0 Å². The highest BCUT2D eigenvalue weighted by Gasteiger charge is 2.34. The lowest BCUT2D eigenvalue weighted by Crippen LogP contribution is -2.60. The second kappa shape index (κ2) is 5.83. The molecule has 1 atom stereocenters. The van der Waals surface area contributed by atoms with Gasteiger partial charge in [-0.05, 0) is 27.3 Å². The summed E-state index contributed by atoms with van der Waals surface area (Å²) in [5.41, 5.74) is 5.77. The number of likely N-dealkylation sites (N-methyl/N-ethyl adjacent to an activating group) is 1. The largest absolute Gasteiger partial charge is 0.339 e. The molecule has 17 heavy (non-hydrogen) atoms. The lowest BCUT2D eigenvalue weighted by Gasteiger charge is -2.46. The van der Waals surface area contributed by atoms with Crippen LogP contribution in [0.15, 0.2) is 0 Å². The van der Waals surface area contributed by atoms with Crippen LogP contribution in [0.25, 0.3) is 0 Å². The Bertz CT molecular complexity index is 265. The number of hydrogen-bond donors (Lipinski definition) is 1. The zero-order chi connectivity index (χ0) is 13.1. The Balaban J connectivity index is 2.64. The molecule has 0 saturated carbocycles. The normalized spacial score (nSPS) is 22.5. The Labute approximate surface area is 105 Å². The quantitative estimate of drug-likeness (QED) is 0.796. The monoisotopic (exact) mass is 241 g/mol. The maximum atomic E-state index is 12.3. The van der Waals surface area contributed by atoms with Crippen LogP contribution in [-0.4, -0.2) is 54.5 Å². The predicted molar refractivity (Wildman–Crippen MR) is 70.7 cm³/mol. The fourth-order valence-corrected chi connectivity index (χ4v) is 2.38. The number of hydrogen-bond acceptors (Lipinski definition) is 3. The molecule has 100 valence electrons. The summed E-state index contributed by atoms with van der Waals surface area (Å²) in [6, 6.07) is 0. The summed E-state index contributed by atoms with van der Waals surface area (Å²) in [6.07, 6.45) is 1.92. The number of piperazine rings is 1. The first-order valence-corrected chi connectivity index (χ1v) is 6.62. The van der Waals surface area contributed by atoms with E-state index in [0.717, 1.165) is 32.5 Å². The number of nitrogens with two attached hydrogens (primary N) is 1. The van der Waals surface area contributed by atoms with Crippen LogP contribution in [0, 0.1) is 5.92 Å². The molecule has 0 aromatic carbocycles. The van der Waals surface area contributed by atoms with Crippen LogP contribution in [0.2, 0.25) is 0 Å². The highest BCUT2D eigenvalue weighted by atomic mass is 16.2. The first kappa shape index (κ1) is 14.5. The van der Waals surface area contributed by atoms with Crippen molar-refractivity contribution < 1.29 is 4.79 Å². The molecule has 1 aliphatic heterocycles. The van der Waals surface area contributed by atoms with Crippen molar-refractivity contribution in [2.75, 3.05) is 33.2 Å². The van der Waals surface area contributed by atoms with Gasteiger partial charge in [0, 0.05) is 31.7 Å². The lowest BCUT2D eigenvalue weighted by molar-refractivity contribution is -0.140. The number of rotatable bonds is 4. The molecular weight excluding hydrogens is 214 g/mol. The Morgan fingerprint density at radius 3 is 2.53 bits per heavy atom. The van der Waals surface area contributed by atoms with Gasteiger partial charge >= 0.3 is 0 Å². The van der Waals surface area contributed by atoms with Crippen LogP contribution in [0.3, 0.4) is 0 Å². The molecule has 1 saturated heterocycles. The predicted octanol–water partition coefficient (Wildman–Crippen LogP) is 0.914. The molecule has 0 bridgehead atoms. The molecule has 1 amide bonds. The summed E-state index contributed by atoms with van der Waals surface area (Å²) in [4.78, 5) is 16.6. The summed E-state index contributed by atoms with van der Waals surface area (Å²) in [7, 11) is 2.12. The molecule has 1 heterocycles. The summed E-state index contributed by atoms with van der Waals surface area (Å²) >= 11 is 0. The minimum atomic E-state index is 0.0132. The first-order chi connectivity index (χ1) is 7.92. The minimum absolute atomic E-state index is 0.0132. The van der Waals surface area contributed by atoms with E-state index in [1.165, 1.54) is 0 Å². The fourth-order valence-electron chi connectivity index (χ4n) is 2.38. The minimum Gasteiger partial charge on any atom is -0.339 e. The Hall–Kier alpha value is -0.610. The van der Waals surface area contributed by atoms with Crippen molar-refractivity contribution in [3.8, 4) is 0 Å². The van der Waals surface area contributed by atoms with Crippen molar-refractivity contribution in [2.45, 2.75) is 39.2 Å². The van der Waals surface area contributed by atoms with Gasteiger partial charge in [0.2, 0.25) is 5.91 Å². The highest BCUT2D eigenvalue weighted by molar-refractivity contribution is 5.79. The molecule has 4 heteroatoms. The van der Waals surface area contributed by atoms with Crippen LogP contribution in [0.5, 0.6) is 0 Å². The molecule has 4 nitrogen and oxygen atoms in total. The highest BCUT2D eigenvalue weighted by Crippen LogP contribution is 2.21. The van der Waals surface area contributed by atoms with Crippen LogP contribution in [0.4, 0.5) is 0 Å². The van der Waals surface area contributed by atoms with Crippen LogP contribution < -0.4 is 5.73 Å². The van der Waals surface area contributed by atoms with E-state index in [0.29, 0.717) is 6.54 Å². The third-order valence-corrected chi connectivity index (χ3v) is 3.90. The van der Waals surface area contributed by atoms with Crippen molar-refractivity contribution in [1.82, 2.24) is 9.80 Å². The number of amides is 1. The topological polar surface area (TPSA) is 49.6 Å². The van der Waals surface area contributed by atoms with Crippen LogP contribution >= 0.6 is 0 Å². The summed E-state index contributed by atoms with van der Waals surface area (Å²) in [6.45, 7) is 9.53. The Kier molecular flexibility index (Phi) is 4.95. The van der Waals surface area contributed by atoms with Gasteiger partial charge in [0.05, 0.1) is 5.92 Å². The molecule has 1 rings (SSSR count). The fraction of sp³-hybridized carbons (Fsp3) is 0.923. The van der Waals surface area contributed by atoms with E-state index < -0.39 is 0 Å². The smallest absolute Gasteiger partial charge is 0.227 e. The van der Waals surface area contributed by atoms with E-state index in [2.05, 4.69) is 32.7 Å².